The first-order valence-corrected chi connectivity index (χ1v) is 7.36. The van der Waals surface area contributed by atoms with E-state index < -0.39 is 0 Å². The largest absolute Gasteiger partial charge is 0.496 e. The van der Waals surface area contributed by atoms with Crippen LogP contribution in [0.3, 0.4) is 0 Å². The van der Waals surface area contributed by atoms with E-state index in [2.05, 4.69) is 17.4 Å². The molecule has 20 heavy (non-hydrogen) atoms. The molecule has 1 aromatic rings. The maximum Gasteiger partial charge on any atom is 0.238 e. The van der Waals surface area contributed by atoms with E-state index in [1.807, 2.05) is 17.9 Å². The first-order chi connectivity index (χ1) is 9.69. The van der Waals surface area contributed by atoms with Crippen molar-refractivity contribution in [2.75, 3.05) is 20.2 Å². The highest BCUT2D eigenvalue weighted by Crippen LogP contribution is 2.32. The Balaban J connectivity index is 1.80. The van der Waals surface area contributed by atoms with E-state index in [1.165, 1.54) is 19.3 Å². The first-order valence-electron chi connectivity index (χ1n) is 7.36. The predicted molar refractivity (Wildman–Crippen MR) is 77.5 cm³/mol. The molecule has 1 heterocycles. The van der Waals surface area contributed by atoms with Crippen molar-refractivity contribution in [2.24, 2.45) is 5.92 Å². The van der Waals surface area contributed by atoms with E-state index in [4.69, 9.17) is 4.74 Å². The van der Waals surface area contributed by atoms with Crippen molar-refractivity contribution in [3.05, 3.63) is 29.3 Å². The third-order valence-corrected chi connectivity index (χ3v) is 4.49. The summed E-state index contributed by atoms with van der Waals surface area (Å²) in [5, 5.41) is 3.33. The topological polar surface area (TPSA) is 41.6 Å². The second-order valence-corrected chi connectivity index (χ2v) is 5.86. The minimum absolute atomic E-state index is 0.0210. The van der Waals surface area contributed by atoms with Crippen LogP contribution in [0.1, 0.15) is 36.6 Å². The van der Waals surface area contributed by atoms with Crippen molar-refractivity contribution in [2.45, 2.75) is 32.4 Å². The van der Waals surface area contributed by atoms with Crippen molar-refractivity contribution in [1.29, 1.82) is 0 Å². The summed E-state index contributed by atoms with van der Waals surface area (Å²) in [6, 6.07) is 6.15. The molecule has 2 aliphatic rings. The van der Waals surface area contributed by atoms with E-state index in [0.717, 1.165) is 23.4 Å². The molecule has 4 nitrogen and oxygen atoms in total. The van der Waals surface area contributed by atoms with Gasteiger partial charge < -0.3 is 9.64 Å². The molecule has 1 aliphatic heterocycles. The molecule has 1 saturated heterocycles. The van der Waals surface area contributed by atoms with Crippen LogP contribution < -0.4 is 10.1 Å². The van der Waals surface area contributed by atoms with Crippen molar-refractivity contribution >= 4 is 5.91 Å². The van der Waals surface area contributed by atoms with Gasteiger partial charge >= 0.3 is 0 Å². The highest BCUT2D eigenvalue weighted by molar-refractivity contribution is 5.81. The Hall–Kier alpha value is -1.55. The number of nitrogens with one attached hydrogen (secondary N) is 1. The molecule has 0 aromatic heterocycles. The molecule has 0 spiro atoms. The van der Waals surface area contributed by atoms with Gasteiger partial charge in [-0.2, -0.15) is 0 Å². The van der Waals surface area contributed by atoms with Gasteiger partial charge in [0.25, 0.3) is 0 Å². The molecule has 108 valence electrons. The Bertz CT molecular complexity index is 511. The molecule has 1 amide bonds. The first kappa shape index (κ1) is 13.4. The van der Waals surface area contributed by atoms with Crippen molar-refractivity contribution in [3.63, 3.8) is 0 Å². The fourth-order valence-corrected chi connectivity index (χ4v) is 3.07. The van der Waals surface area contributed by atoms with E-state index in [9.17, 15) is 4.79 Å². The fourth-order valence-electron chi connectivity index (χ4n) is 3.07. The Labute approximate surface area is 120 Å². The van der Waals surface area contributed by atoms with E-state index in [1.54, 1.807) is 7.11 Å². The minimum atomic E-state index is 0.0210. The summed E-state index contributed by atoms with van der Waals surface area (Å²) in [5.41, 5.74) is 2.25. The lowest BCUT2D eigenvalue weighted by molar-refractivity contribution is -0.129. The average Bonchev–Trinajstić information content (AvgIpc) is 2.75. The highest BCUT2D eigenvalue weighted by atomic mass is 16.5. The zero-order chi connectivity index (χ0) is 14.1. The standard InChI is InChI=1S/C16H22N2O2/c1-11-8-13(6-7-14(11)20-2)16-17-9-15(19)18(16)10-12-4-3-5-12/h6-8,12,16-17H,3-5,9-10H2,1-2H3. The number of aryl methyl sites for hydroxylation is 1. The van der Waals surface area contributed by atoms with E-state index in [0.29, 0.717) is 12.5 Å². The van der Waals surface area contributed by atoms with Gasteiger partial charge in [0.15, 0.2) is 0 Å². The number of benzene rings is 1. The average molecular weight is 274 g/mol. The van der Waals surface area contributed by atoms with Crippen LogP contribution in [0.15, 0.2) is 18.2 Å². The maximum atomic E-state index is 12.1. The molecule has 1 N–H and O–H groups in total. The Morgan fingerprint density at radius 2 is 2.20 bits per heavy atom. The van der Waals surface area contributed by atoms with Crippen LogP contribution in [0.2, 0.25) is 0 Å². The molecule has 1 aromatic carbocycles. The lowest BCUT2D eigenvalue weighted by Crippen LogP contribution is -2.36. The SMILES string of the molecule is COc1ccc(C2NCC(=O)N2CC2CCC2)cc1C. The van der Waals surface area contributed by atoms with Crippen molar-refractivity contribution < 1.29 is 9.53 Å². The lowest BCUT2D eigenvalue weighted by Gasteiger charge is -2.33. The predicted octanol–water partition coefficient (Wildman–Crippen LogP) is 2.23. The van der Waals surface area contributed by atoms with Gasteiger partial charge in [-0.25, -0.2) is 0 Å². The lowest BCUT2D eigenvalue weighted by atomic mass is 9.85. The Morgan fingerprint density at radius 3 is 2.80 bits per heavy atom. The number of methoxy groups -OCH3 is 1. The van der Waals surface area contributed by atoms with Crippen molar-refractivity contribution in [1.82, 2.24) is 10.2 Å². The van der Waals surface area contributed by atoms with Crippen LogP contribution in [-0.2, 0) is 4.79 Å². The highest BCUT2D eigenvalue weighted by Gasteiger charge is 2.34. The summed E-state index contributed by atoms with van der Waals surface area (Å²) >= 11 is 0. The molecule has 0 bridgehead atoms. The second-order valence-electron chi connectivity index (χ2n) is 5.86. The third kappa shape index (κ3) is 2.40. The van der Waals surface area contributed by atoms with Crippen LogP contribution in [-0.4, -0.2) is 31.0 Å². The summed E-state index contributed by atoms with van der Waals surface area (Å²) in [4.78, 5) is 14.1. The maximum absolute atomic E-state index is 12.1. The van der Waals surface area contributed by atoms with Gasteiger partial charge in [0.1, 0.15) is 11.9 Å². The minimum Gasteiger partial charge on any atom is -0.496 e. The molecule has 1 aliphatic carbocycles. The quantitative estimate of drug-likeness (QED) is 0.915. The van der Waals surface area contributed by atoms with Gasteiger partial charge in [-0.15, -0.1) is 0 Å². The molecule has 1 atom stereocenters. The summed E-state index contributed by atoms with van der Waals surface area (Å²) in [6.07, 6.45) is 3.86. The van der Waals surface area contributed by atoms with E-state index >= 15 is 0 Å². The number of hydrogen-bond donors (Lipinski definition) is 1. The summed E-state index contributed by atoms with van der Waals surface area (Å²) in [6.45, 7) is 3.37. The van der Waals surface area contributed by atoms with Gasteiger partial charge in [-0.1, -0.05) is 12.5 Å². The number of hydrogen-bond acceptors (Lipinski definition) is 3. The van der Waals surface area contributed by atoms with Crippen LogP contribution in [0.5, 0.6) is 5.75 Å². The smallest absolute Gasteiger partial charge is 0.238 e. The molecule has 2 fully saturated rings. The molecule has 3 rings (SSSR count). The second kappa shape index (κ2) is 5.44. The number of nitrogens with zero attached hydrogens (tertiary/aromatic N) is 1. The number of rotatable bonds is 4. The van der Waals surface area contributed by atoms with Crippen LogP contribution in [0.4, 0.5) is 0 Å². The van der Waals surface area contributed by atoms with Gasteiger partial charge in [0.2, 0.25) is 5.91 Å². The number of carbonyl (C=O) groups is 1. The third-order valence-electron chi connectivity index (χ3n) is 4.49. The van der Waals surface area contributed by atoms with Crippen LogP contribution in [0, 0.1) is 12.8 Å². The zero-order valence-corrected chi connectivity index (χ0v) is 12.2. The number of ether oxygens (including phenoxy) is 1. The van der Waals surface area contributed by atoms with Gasteiger partial charge in [-0.05, 0) is 48.9 Å². The van der Waals surface area contributed by atoms with Crippen LogP contribution >= 0.6 is 0 Å². The molecular weight excluding hydrogens is 252 g/mol. The van der Waals surface area contributed by atoms with Gasteiger partial charge in [0.05, 0.1) is 13.7 Å². The monoisotopic (exact) mass is 274 g/mol. The van der Waals surface area contributed by atoms with Gasteiger partial charge in [-0.3, -0.25) is 10.1 Å². The molecule has 1 unspecified atom stereocenters. The van der Waals surface area contributed by atoms with Gasteiger partial charge in [0, 0.05) is 6.54 Å². The molecule has 4 heteroatoms. The normalized spacial score (nSPS) is 23.0. The summed E-state index contributed by atoms with van der Waals surface area (Å²) < 4.78 is 5.30. The van der Waals surface area contributed by atoms with Crippen molar-refractivity contribution in [3.8, 4) is 5.75 Å². The number of amides is 1. The Kier molecular flexibility index (Phi) is 3.66. The molecular formula is C16H22N2O2. The summed E-state index contributed by atoms with van der Waals surface area (Å²) in [7, 11) is 1.68. The summed E-state index contributed by atoms with van der Waals surface area (Å²) in [5.74, 6) is 1.81. The zero-order valence-electron chi connectivity index (χ0n) is 12.2. The Morgan fingerprint density at radius 1 is 1.40 bits per heavy atom. The fraction of sp³-hybridized carbons (Fsp3) is 0.562. The molecule has 0 radical (unpaired) electrons. The van der Waals surface area contributed by atoms with Crippen LogP contribution in [0.25, 0.3) is 0 Å². The number of carbonyl (C=O) groups excluding carboxylic acids is 1. The van der Waals surface area contributed by atoms with E-state index in [-0.39, 0.29) is 12.1 Å². The molecule has 1 saturated carbocycles.